The van der Waals surface area contributed by atoms with Gasteiger partial charge in [-0.15, -0.1) is 0 Å². The number of sulfonamides is 1. The highest BCUT2D eigenvalue weighted by atomic mass is 32.2. The predicted molar refractivity (Wildman–Crippen MR) is 117 cm³/mol. The molecule has 3 aliphatic rings. The SMILES string of the molecule is Cc1cccc(S(=O)(=O)N2[C@@H]3c4cccc(=O)n4C[C@H]2[C@H](CO)[C@H]3C(=O)NC2CCC2)c1. The number of hydrogen-bond donors (Lipinski definition) is 2. The number of rotatable bonds is 5. The van der Waals surface area contributed by atoms with E-state index in [-0.39, 0.29) is 35.6 Å². The van der Waals surface area contributed by atoms with E-state index in [1.807, 2.05) is 13.0 Å². The van der Waals surface area contributed by atoms with Crippen molar-refractivity contribution < 1.29 is 18.3 Å². The average Bonchev–Trinajstić information content (AvgIpc) is 2.99. The zero-order valence-electron chi connectivity index (χ0n) is 17.8. The van der Waals surface area contributed by atoms with Gasteiger partial charge in [0.15, 0.2) is 0 Å². The lowest BCUT2D eigenvalue weighted by Gasteiger charge is -2.37. The molecule has 2 aliphatic heterocycles. The molecule has 1 saturated heterocycles. The van der Waals surface area contributed by atoms with Crippen LogP contribution in [0.4, 0.5) is 0 Å². The zero-order valence-corrected chi connectivity index (χ0v) is 18.7. The molecule has 3 heterocycles. The van der Waals surface area contributed by atoms with Crippen LogP contribution in [0, 0.1) is 18.8 Å². The number of benzene rings is 1. The third-order valence-electron chi connectivity index (χ3n) is 7.18. The molecule has 1 aromatic heterocycles. The molecule has 2 N–H and O–H groups in total. The van der Waals surface area contributed by atoms with Crippen LogP contribution in [0.2, 0.25) is 0 Å². The van der Waals surface area contributed by atoms with Gasteiger partial charge >= 0.3 is 0 Å². The topological polar surface area (TPSA) is 109 Å². The van der Waals surface area contributed by atoms with Gasteiger partial charge in [-0.25, -0.2) is 8.42 Å². The molecule has 5 rings (SSSR count). The van der Waals surface area contributed by atoms with Crippen LogP contribution in [0.25, 0.3) is 0 Å². The minimum absolute atomic E-state index is 0.0853. The van der Waals surface area contributed by atoms with E-state index in [9.17, 15) is 23.1 Å². The van der Waals surface area contributed by atoms with Crippen LogP contribution in [0.1, 0.15) is 36.6 Å². The second-order valence-electron chi connectivity index (χ2n) is 9.07. The molecule has 0 spiro atoms. The maximum atomic E-state index is 13.8. The molecule has 170 valence electrons. The number of nitrogens with zero attached hydrogens (tertiary/aromatic N) is 2. The van der Waals surface area contributed by atoms with Gasteiger partial charge in [-0.05, 0) is 49.9 Å². The highest BCUT2D eigenvalue weighted by Crippen LogP contribution is 2.50. The number of aliphatic hydroxyl groups is 1. The fourth-order valence-corrected chi connectivity index (χ4v) is 7.33. The lowest BCUT2D eigenvalue weighted by atomic mass is 9.85. The number of aromatic nitrogens is 1. The second-order valence-corrected chi connectivity index (χ2v) is 10.9. The van der Waals surface area contributed by atoms with Gasteiger partial charge in [0, 0.05) is 42.9 Å². The summed E-state index contributed by atoms with van der Waals surface area (Å²) < 4.78 is 30.6. The Balaban J connectivity index is 1.66. The van der Waals surface area contributed by atoms with E-state index in [1.165, 1.54) is 10.4 Å². The number of pyridine rings is 1. The summed E-state index contributed by atoms with van der Waals surface area (Å²) in [5.74, 6) is -1.64. The van der Waals surface area contributed by atoms with Crippen LogP contribution in [-0.2, 0) is 21.4 Å². The fourth-order valence-electron chi connectivity index (χ4n) is 5.38. The van der Waals surface area contributed by atoms with E-state index in [4.69, 9.17) is 0 Å². The number of fused-ring (bicyclic) bond motifs is 4. The van der Waals surface area contributed by atoms with Gasteiger partial charge in [0.25, 0.3) is 5.56 Å². The quantitative estimate of drug-likeness (QED) is 0.701. The van der Waals surface area contributed by atoms with Crippen molar-refractivity contribution in [1.82, 2.24) is 14.2 Å². The Morgan fingerprint density at radius 2 is 1.94 bits per heavy atom. The molecule has 1 aromatic carbocycles. The minimum atomic E-state index is -3.98. The van der Waals surface area contributed by atoms with Crippen molar-refractivity contribution in [3.63, 3.8) is 0 Å². The third kappa shape index (κ3) is 3.22. The van der Waals surface area contributed by atoms with Crippen molar-refractivity contribution in [2.75, 3.05) is 6.61 Å². The number of carbonyl (C=O) groups is 1. The van der Waals surface area contributed by atoms with Crippen LogP contribution >= 0.6 is 0 Å². The molecule has 1 aliphatic carbocycles. The van der Waals surface area contributed by atoms with Gasteiger partial charge in [-0.3, -0.25) is 9.59 Å². The van der Waals surface area contributed by atoms with Crippen LogP contribution in [-0.4, -0.2) is 47.0 Å². The molecule has 32 heavy (non-hydrogen) atoms. The predicted octanol–water partition coefficient (Wildman–Crippen LogP) is 1.18. The number of hydrogen-bond acceptors (Lipinski definition) is 5. The van der Waals surface area contributed by atoms with Crippen molar-refractivity contribution in [1.29, 1.82) is 0 Å². The normalized spacial score (nSPS) is 27.6. The molecule has 8 nitrogen and oxygen atoms in total. The first-order valence-electron chi connectivity index (χ1n) is 11.0. The van der Waals surface area contributed by atoms with Crippen LogP contribution in [0.3, 0.4) is 0 Å². The highest BCUT2D eigenvalue weighted by molar-refractivity contribution is 7.89. The summed E-state index contributed by atoms with van der Waals surface area (Å²) in [4.78, 5) is 26.1. The lowest BCUT2D eigenvalue weighted by molar-refractivity contribution is -0.128. The smallest absolute Gasteiger partial charge is 0.250 e. The van der Waals surface area contributed by atoms with Crippen LogP contribution in [0.5, 0.6) is 0 Å². The second kappa shape index (κ2) is 7.83. The van der Waals surface area contributed by atoms with Crippen LogP contribution < -0.4 is 10.9 Å². The Labute approximate surface area is 186 Å². The average molecular weight is 458 g/mol. The maximum absolute atomic E-state index is 13.8. The molecule has 0 radical (unpaired) electrons. The highest BCUT2D eigenvalue weighted by Gasteiger charge is 2.60. The lowest BCUT2D eigenvalue weighted by Crippen LogP contribution is -2.49. The fraction of sp³-hybridized carbons (Fsp3) is 0.478. The van der Waals surface area contributed by atoms with Crippen molar-refractivity contribution in [3.05, 3.63) is 64.1 Å². The van der Waals surface area contributed by atoms with E-state index >= 15 is 0 Å². The number of aryl methyl sites for hydroxylation is 1. The molecule has 2 bridgehead atoms. The largest absolute Gasteiger partial charge is 0.396 e. The third-order valence-corrected chi connectivity index (χ3v) is 9.09. The number of nitrogens with one attached hydrogen (secondary N) is 1. The first kappa shape index (κ1) is 21.4. The summed E-state index contributed by atoms with van der Waals surface area (Å²) >= 11 is 0. The number of amides is 1. The van der Waals surface area contributed by atoms with Crippen molar-refractivity contribution in [3.8, 4) is 0 Å². The van der Waals surface area contributed by atoms with Crippen molar-refractivity contribution in [2.24, 2.45) is 11.8 Å². The molecule has 0 unspecified atom stereocenters. The summed E-state index contributed by atoms with van der Waals surface area (Å²) in [5, 5.41) is 13.3. The van der Waals surface area contributed by atoms with E-state index in [0.717, 1.165) is 24.8 Å². The summed E-state index contributed by atoms with van der Waals surface area (Å²) in [6, 6.07) is 9.95. The number of carbonyl (C=O) groups excluding carboxylic acids is 1. The standard InChI is InChI=1S/C23H27N3O5S/c1-14-5-2-8-16(11-14)32(30,31)26-19-12-25-18(9-4-10-20(25)28)22(26)21(17(19)13-27)23(29)24-15-6-3-7-15/h2,4-5,8-11,15,17,19,21-22,27H,3,6-7,12-13H2,1H3,(H,24,29)/t17-,19-,21+,22+/m0/s1. The maximum Gasteiger partial charge on any atom is 0.250 e. The molecule has 9 heteroatoms. The number of aliphatic hydroxyl groups excluding tert-OH is 1. The van der Waals surface area contributed by atoms with E-state index in [0.29, 0.717) is 5.69 Å². The summed E-state index contributed by atoms with van der Waals surface area (Å²) in [6.45, 7) is 1.59. The Kier molecular flexibility index (Phi) is 5.22. The molecule has 2 aromatic rings. The van der Waals surface area contributed by atoms with E-state index in [2.05, 4.69) is 5.32 Å². The zero-order chi connectivity index (χ0) is 22.6. The van der Waals surface area contributed by atoms with Crippen molar-refractivity contribution in [2.45, 2.75) is 55.8 Å². The van der Waals surface area contributed by atoms with Gasteiger partial charge in [0.1, 0.15) is 0 Å². The molecule has 2 fully saturated rings. The summed E-state index contributed by atoms with van der Waals surface area (Å²) in [7, 11) is -3.98. The van der Waals surface area contributed by atoms with Gasteiger partial charge in [0.05, 0.1) is 16.9 Å². The van der Waals surface area contributed by atoms with Crippen LogP contribution in [0.15, 0.2) is 52.2 Å². The van der Waals surface area contributed by atoms with Gasteiger partial charge in [-0.2, -0.15) is 4.31 Å². The van der Waals surface area contributed by atoms with Gasteiger partial charge in [-0.1, -0.05) is 18.2 Å². The van der Waals surface area contributed by atoms with Gasteiger partial charge in [0.2, 0.25) is 15.9 Å². The Hall–Kier alpha value is -2.49. The summed E-state index contributed by atoms with van der Waals surface area (Å²) in [5.41, 5.74) is 1.07. The first-order chi connectivity index (χ1) is 15.3. The molecular formula is C23H27N3O5S. The molecular weight excluding hydrogens is 430 g/mol. The molecule has 1 saturated carbocycles. The van der Waals surface area contributed by atoms with Gasteiger partial charge < -0.3 is 15.0 Å². The Bertz CT molecular complexity index is 1220. The molecule has 1 amide bonds. The Morgan fingerprint density at radius 1 is 1.19 bits per heavy atom. The Morgan fingerprint density at radius 3 is 2.59 bits per heavy atom. The summed E-state index contributed by atoms with van der Waals surface area (Å²) in [6.07, 6.45) is 2.85. The molecule has 4 atom stereocenters. The van der Waals surface area contributed by atoms with Crippen molar-refractivity contribution >= 4 is 15.9 Å². The first-order valence-corrected chi connectivity index (χ1v) is 12.5. The van der Waals surface area contributed by atoms with E-state index < -0.39 is 33.9 Å². The van der Waals surface area contributed by atoms with E-state index in [1.54, 1.807) is 34.9 Å². The minimum Gasteiger partial charge on any atom is -0.396 e. The monoisotopic (exact) mass is 457 g/mol.